The lowest BCUT2D eigenvalue weighted by molar-refractivity contribution is -0.154. The molecule has 3 atom stereocenters. The first-order valence-electron chi connectivity index (χ1n) is 12.3. The number of halogens is 1. The number of amides is 2. The Morgan fingerprint density at radius 1 is 0.973 bits per heavy atom. The molecule has 0 spiro atoms. The molecule has 2 saturated heterocycles. The number of cyclic esters (lactones) is 1. The van der Waals surface area contributed by atoms with Crippen LogP contribution in [0.5, 0.6) is 11.5 Å². The lowest BCUT2D eigenvalue weighted by Gasteiger charge is -2.26. The molecule has 3 aromatic carbocycles. The van der Waals surface area contributed by atoms with Crippen LogP contribution < -0.4 is 10.1 Å². The lowest BCUT2D eigenvalue weighted by Crippen LogP contribution is -2.47. The second kappa shape index (κ2) is 10.8. The summed E-state index contributed by atoms with van der Waals surface area (Å²) in [4.78, 5) is 39.7. The van der Waals surface area contributed by atoms with Gasteiger partial charge in [0.25, 0.3) is 5.91 Å². The molecule has 0 saturated carbocycles. The summed E-state index contributed by atoms with van der Waals surface area (Å²) >= 11 is 0. The molecule has 5 rings (SSSR count). The predicted molar refractivity (Wildman–Crippen MR) is 134 cm³/mol. The van der Waals surface area contributed by atoms with E-state index in [-0.39, 0.29) is 35.9 Å². The zero-order valence-electron chi connectivity index (χ0n) is 20.1. The van der Waals surface area contributed by atoms with Crippen LogP contribution in [-0.2, 0) is 25.5 Å². The number of esters is 1. The van der Waals surface area contributed by atoms with E-state index in [0.717, 1.165) is 12.0 Å². The number of hydrogen-bond acceptors (Lipinski definition) is 5. The van der Waals surface area contributed by atoms with Crippen molar-refractivity contribution in [2.24, 2.45) is 5.92 Å². The van der Waals surface area contributed by atoms with Crippen LogP contribution in [0.4, 0.5) is 10.1 Å². The van der Waals surface area contributed by atoms with E-state index in [0.29, 0.717) is 36.6 Å². The molecule has 2 amide bonds. The highest BCUT2D eigenvalue weighted by atomic mass is 19.1. The first kappa shape index (κ1) is 24.5. The van der Waals surface area contributed by atoms with Gasteiger partial charge < -0.3 is 19.7 Å². The van der Waals surface area contributed by atoms with E-state index >= 15 is 0 Å². The van der Waals surface area contributed by atoms with E-state index in [1.165, 1.54) is 24.3 Å². The van der Waals surface area contributed by atoms with Gasteiger partial charge in [-0.15, -0.1) is 0 Å². The number of anilines is 1. The number of likely N-dealkylation sites (tertiary alicyclic amines) is 1. The molecular formula is C29H27FN2O5. The number of nitrogens with zero attached hydrogens (tertiary/aromatic N) is 1. The van der Waals surface area contributed by atoms with Gasteiger partial charge in [0.1, 0.15) is 23.4 Å². The number of hydrogen-bond donors (Lipinski definition) is 1. The van der Waals surface area contributed by atoms with Crippen LogP contribution in [-0.4, -0.2) is 41.4 Å². The van der Waals surface area contributed by atoms with Crippen LogP contribution in [0, 0.1) is 11.7 Å². The number of benzene rings is 3. The monoisotopic (exact) mass is 502 g/mol. The molecular weight excluding hydrogens is 475 g/mol. The highest BCUT2D eigenvalue weighted by molar-refractivity contribution is 5.98. The van der Waals surface area contributed by atoms with E-state index in [2.05, 4.69) is 5.32 Å². The third-order valence-corrected chi connectivity index (χ3v) is 6.67. The van der Waals surface area contributed by atoms with Crippen molar-refractivity contribution in [2.75, 3.05) is 11.9 Å². The van der Waals surface area contributed by atoms with E-state index in [9.17, 15) is 18.8 Å². The number of carbonyl (C=O) groups excluding carboxylic acids is 3. The van der Waals surface area contributed by atoms with Crippen LogP contribution in [0.3, 0.4) is 0 Å². The Bertz CT molecular complexity index is 1260. The summed E-state index contributed by atoms with van der Waals surface area (Å²) in [6.07, 6.45) is 0.969. The third kappa shape index (κ3) is 5.97. The molecule has 8 heteroatoms. The van der Waals surface area contributed by atoms with Gasteiger partial charge in [-0.3, -0.25) is 14.4 Å². The topological polar surface area (TPSA) is 84.9 Å². The van der Waals surface area contributed by atoms with E-state index in [4.69, 9.17) is 9.47 Å². The van der Waals surface area contributed by atoms with Gasteiger partial charge in [-0.1, -0.05) is 30.3 Å². The molecule has 0 bridgehead atoms. The van der Waals surface area contributed by atoms with Crippen LogP contribution in [0.15, 0.2) is 78.9 Å². The van der Waals surface area contributed by atoms with Gasteiger partial charge in [0.2, 0.25) is 5.91 Å². The van der Waals surface area contributed by atoms with E-state index in [1.807, 2.05) is 30.3 Å². The minimum absolute atomic E-state index is 0.102. The Hall–Kier alpha value is -4.20. The summed E-state index contributed by atoms with van der Waals surface area (Å²) in [6, 6.07) is 21.8. The van der Waals surface area contributed by atoms with Crippen LogP contribution in [0.1, 0.15) is 24.8 Å². The number of rotatable bonds is 7. The molecule has 0 aliphatic carbocycles. The van der Waals surface area contributed by atoms with Crippen LogP contribution in [0.2, 0.25) is 0 Å². The quantitative estimate of drug-likeness (QED) is 0.473. The maximum absolute atomic E-state index is 13.3. The standard InChI is InChI=1S/C29H27FN2O5/c30-21-6-10-23(11-7-21)36-24-12-8-22(9-13-24)31-28(34)25-17-20(16-19-4-2-1-3-5-19)18-32(25)29(35)26-14-15-27(33)37-26/h1-13,20,25-26H,14-18H2,(H,31,34)/t20-,25+,26?/m1/s1. The smallest absolute Gasteiger partial charge is 0.306 e. The first-order chi connectivity index (χ1) is 17.9. The maximum Gasteiger partial charge on any atom is 0.306 e. The Labute approximate surface area is 214 Å². The molecule has 37 heavy (non-hydrogen) atoms. The number of ether oxygens (including phenoxy) is 2. The van der Waals surface area contributed by atoms with E-state index in [1.54, 1.807) is 29.2 Å². The van der Waals surface area contributed by atoms with Gasteiger partial charge in [0, 0.05) is 25.1 Å². The largest absolute Gasteiger partial charge is 0.457 e. The van der Waals surface area contributed by atoms with Crippen molar-refractivity contribution in [1.82, 2.24) is 4.90 Å². The number of carbonyl (C=O) groups is 3. The molecule has 2 fully saturated rings. The SMILES string of the molecule is O=C1CCC(C(=O)N2C[C@H](Cc3ccccc3)C[C@H]2C(=O)Nc2ccc(Oc3ccc(F)cc3)cc2)O1. The fraction of sp³-hybridized carbons (Fsp3) is 0.276. The summed E-state index contributed by atoms with van der Waals surface area (Å²) in [5.74, 6) is -0.205. The van der Waals surface area contributed by atoms with Crippen molar-refractivity contribution in [3.8, 4) is 11.5 Å². The fourth-order valence-corrected chi connectivity index (χ4v) is 4.87. The first-order valence-corrected chi connectivity index (χ1v) is 12.3. The van der Waals surface area contributed by atoms with E-state index < -0.39 is 12.1 Å². The highest BCUT2D eigenvalue weighted by Crippen LogP contribution is 2.30. The van der Waals surface area contributed by atoms with Crippen molar-refractivity contribution in [1.29, 1.82) is 0 Å². The lowest BCUT2D eigenvalue weighted by atomic mass is 9.96. The molecule has 3 aromatic rings. The van der Waals surface area contributed by atoms with Crippen molar-refractivity contribution < 1.29 is 28.2 Å². The molecule has 190 valence electrons. The Morgan fingerprint density at radius 2 is 1.65 bits per heavy atom. The average Bonchev–Trinajstić information content (AvgIpc) is 3.53. The summed E-state index contributed by atoms with van der Waals surface area (Å²) in [6.45, 7) is 0.421. The molecule has 1 unspecified atom stereocenters. The predicted octanol–water partition coefficient (Wildman–Crippen LogP) is 4.72. The summed E-state index contributed by atoms with van der Waals surface area (Å²) in [7, 11) is 0. The molecule has 2 aliphatic heterocycles. The Balaban J connectivity index is 1.27. The van der Waals surface area contributed by atoms with Crippen LogP contribution >= 0.6 is 0 Å². The minimum Gasteiger partial charge on any atom is -0.457 e. The van der Waals surface area contributed by atoms with Crippen molar-refractivity contribution in [2.45, 2.75) is 37.8 Å². The van der Waals surface area contributed by atoms with Crippen molar-refractivity contribution in [3.05, 3.63) is 90.2 Å². The Kier molecular flexibility index (Phi) is 7.16. The molecule has 0 radical (unpaired) electrons. The Morgan fingerprint density at radius 3 is 2.30 bits per heavy atom. The molecule has 1 N–H and O–H groups in total. The van der Waals surface area contributed by atoms with Gasteiger partial charge in [0.05, 0.1) is 0 Å². The van der Waals surface area contributed by atoms with Gasteiger partial charge in [-0.05, 0) is 72.9 Å². The van der Waals surface area contributed by atoms with Gasteiger partial charge in [-0.2, -0.15) is 0 Å². The van der Waals surface area contributed by atoms with Crippen molar-refractivity contribution >= 4 is 23.5 Å². The second-order valence-electron chi connectivity index (χ2n) is 9.38. The normalized spacial score (nSPS) is 20.9. The summed E-state index contributed by atoms with van der Waals surface area (Å²) in [5, 5.41) is 2.91. The van der Waals surface area contributed by atoms with Gasteiger partial charge >= 0.3 is 5.97 Å². The summed E-state index contributed by atoms with van der Waals surface area (Å²) in [5.41, 5.74) is 1.70. The molecule has 7 nitrogen and oxygen atoms in total. The zero-order chi connectivity index (χ0) is 25.8. The molecule has 2 aliphatic rings. The van der Waals surface area contributed by atoms with Gasteiger partial charge in [0.15, 0.2) is 6.10 Å². The summed E-state index contributed by atoms with van der Waals surface area (Å²) < 4.78 is 24.0. The highest BCUT2D eigenvalue weighted by Gasteiger charge is 2.43. The van der Waals surface area contributed by atoms with Crippen molar-refractivity contribution in [3.63, 3.8) is 0 Å². The fourth-order valence-electron chi connectivity index (χ4n) is 4.87. The molecule has 2 heterocycles. The zero-order valence-corrected chi connectivity index (χ0v) is 20.1. The van der Waals surface area contributed by atoms with Crippen LogP contribution in [0.25, 0.3) is 0 Å². The average molecular weight is 503 g/mol. The second-order valence-corrected chi connectivity index (χ2v) is 9.38. The maximum atomic E-state index is 13.3. The number of nitrogens with one attached hydrogen (secondary N) is 1. The molecule has 0 aromatic heterocycles. The van der Waals surface area contributed by atoms with Gasteiger partial charge in [-0.25, -0.2) is 4.39 Å². The third-order valence-electron chi connectivity index (χ3n) is 6.67. The minimum atomic E-state index is -0.832.